The van der Waals surface area contributed by atoms with Crippen molar-refractivity contribution in [2.45, 2.75) is 30.8 Å². The van der Waals surface area contributed by atoms with Gasteiger partial charge in [-0.25, -0.2) is 0 Å². The van der Waals surface area contributed by atoms with E-state index >= 15 is 0 Å². The monoisotopic (exact) mass is 369 g/mol. The Balaban J connectivity index is 1.46. The average Bonchev–Trinajstić information content (AvgIpc) is 3.20. The van der Waals surface area contributed by atoms with Crippen LogP contribution in [0, 0.1) is 11.3 Å². The lowest BCUT2D eigenvalue weighted by Crippen LogP contribution is -2.14. The highest BCUT2D eigenvalue weighted by Gasteiger charge is 2.22. The largest absolute Gasteiger partial charge is 0.316 e. The highest BCUT2D eigenvalue weighted by Crippen LogP contribution is 2.37. The summed E-state index contributed by atoms with van der Waals surface area (Å²) in [5.41, 5.74) is 2.53. The number of aromatic nitrogens is 3. The summed E-state index contributed by atoms with van der Waals surface area (Å²) in [5.74, 6) is 0.0936. The van der Waals surface area contributed by atoms with Gasteiger partial charge in [0.1, 0.15) is 11.1 Å². The van der Waals surface area contributed by atoms with Crippen LogP contribution in [-0.2, 0) is 17.6 Å². The molecule has 0 aromatic carbocycles. The van der Waals surface area contributed by atoms with Gasteiger partial charge in [0.25, 0.3) is 0 Å². The molecule has 3 heterocycles. The Morgan fingerprint density at radius 1 is 1.36 bits per heavy atom. The lowest BCUT2D eigenvalue weighted by Gasteiger charge is -2.09. The molecule has 126 valence electrons. The van der Waals surface area contributed by atoms with E-state index in [-0.39, 0.29) is 11.7 Å². The SMILES string of the molecule is N#Cc1c(NC(=O)CSc2nnc3ccccn23)sc2c1CCCC2. The van der Waals surface area contributed by atoms with E-state index in [2.05, 4.69) is 21.6 Å². The normalized spacial score (nSPS) is 13.4. The number of amides is 1. The Kier molecular flexibility index (Phi) is 4.42. The van der Waals surface area contributed by atoms with E-state index in [0.29, 0.717) is 15.7 Å². The molecule has 1 aliphatic rings. The van der Waals surface area contributed by atoms with Crippen LogP contribution >= 0.6 is 23.1 Å². The van der Waals surface area contributed by atoms with E-state index in [1.165, 1.54) is 16.6 Å². The van der Waals surface area contributed by atoms with Gasteiger partial charge in [-0.1, -0.05) is 17.8 Å². The number of aryl methyl sites for hydroxylation is 1. The number of carbonyl (C=O) groups excluding carboxylic acids is 1. The maximum Gasteiger partial charge on any atom is 0.235 e. The summed E-state index contributed by atoms with van der Waals surface area (Å²) < 4.78 is 1.85. The lowest BCUT2D eigenvalue weighted by molar-refractivity contribution is -0.113. The first-order valence-electron chi connectivity index (χ1n) is 8.03. The van der Waals surface area contributed by atoms with Crippen molar-refractivity contribution in [3.63, 3.8) is 0 Å². The van der Waals surface area contributed by atoms with Crippen LogP contribution in [0.5, 0.6) is 0 Å². The minimum absolute atomic E-state index is 0.132. The zero-order chi connectivity index (χ0) is 17.2. The second-order valence-corrected chi connectivity index (χ2v) is 7.82. The number of hydrogen-bond acceptors (Lipinski definition) is 6. The van der Waals surface area contributed by atoms with Crippen LogP contribution in [0.1, 0.15) is 28.8 Å². The molecule has 0 unspecified atom stereocenters. The molecular weight excluding hydrogens is 354 g/mol. The Bertz CT molecular complexity index is 985. The third kappa shape index (κ3) is 3.13. The number of thioether (sulfide) groups is 1. The summed E-state index contributed by atoms with van der Waals surface area (Å²) in [7, 11) is 0. The van der Waals surface area contributed by atoms with Crippen LogP contribution < -0.4 is 5.32 Å². The summed E-state index contributed by atoms with van der Waals surface area (Å²) in [6.45, 7) is 0. The minimum atomic E-state index is -0.132. The van der Waals surface area contributed by atoms with Gasteiger partial charge in [0.2, 0.25) is 5.91 Å². The van der Waals surface area contributed by atoms with Gasteiger partial charge in [0.05, 0.1) is 11.3 Å². The fourth-order valence-electron chi connectivity index (χ4n) is 2.98. The zero-order valence-corrected chi connectivity index (χ0v) is 15.0. The van der Waals surface area contributed by atoms with E-state index in [1.54, 1.807) is 11.3 Å². The lowest BCUT2D eigenvalue weighted by atomic mass is 9.96. The molecule has 0 bridgehead atoms. The van der Waals surface area contributed by atoms with Gasteiger partial charge >= 0.3 is 0 Å². The zero-order valence-electron chi connectivity index (χ0n) is 13.4. The van der Waals surface area contributed by atoms with Gasteiger partial charge in [-0.15, -0.1) is 21.5 Å². The third-order valence-electron chi connectivity index (χ3n) is 4.15. The number of rotatable bonds is 4. The van der Waals surface area contributed by atoms with Gasteiger partial charge in [0.15, 0.2) is 10.8 Å². The maximum atomic E-state index is 12.3. The predicted molar refractivity (Wildman–Crippen MR) is 98.0 cm³/mol. The molecule has 3 aromatic heterocycles. The molecule has 6 nitrogen and oxygen atoms in total. The molecule has 25 heavy (non-hydrogen) atoms. The first-order valence-corrected chi connectivity index (χ1v) is 9.83. The van der Waals surface area contributed by atoms with Crippen LogP contribution in [-0.4, -0.2) is 26.3 Å². The molecule has 0 atom stereocenters. The minimum Gasteiger partial charge on any atom is -0.316 e. The highest BCUT2D eigenvalue weighted by atomic mass is 32.2. The predicted octanol–water partition coefficient (Wildman–Crippen LogP) is 3.27. The van der Waals surface area contributed by atoms with Gasteiger partial charge in [-0.05, 0) is 43.4 Å². The summed E-state index contributed by atoms with van der Waals surface area (Å²) in [6.07, 6.45) is 6.08. The number of carbonyl (C=O) groups is 1. The van der Waals surface area contributed by atoms with Crippen molar-refractivity contribution >= 4 is 39.7 Å². The molecule has 0 fully saturated rings. The van der Waals surface area contributed by atoms with Crippen molar-refractivity contribution in [2.75, 3.05) is 11.1 Å². The van der Waals surface area contributed by atoms with Gasteiger partial charge in [-0.2, -0.15) is 5.26 Å². The number of pyridine rings is 1. The molecule has 1 aliphatic carbocycles. The fourth-order valence-corrected chi connectivity index (χ4v) is 4.96. The Hall–Kier alpha value is -2.37. The molecule has 0 spiro atoms. The molecule has 0 saturated carbocycles. The molecule has 1 amide bonds. The second kappa shape index (κ2) is 6.86. The van der Waals surface area contributed by atoms with Crippen LogP contribution in [0.3, 0.4) is 0 Å². The van der Waals surface area contributed by atoms with E-state index in [0.717, 1.165) is 36.9 Å². The molecule has 0 radical (unpaired) electrons. The van der Waals surface area contributed by atoms with E-state index < -0.39 is 0 Å². The van der Waals surface area contributed by atoms with Crippen LogP contribution in [0.15, 0.2) is 29.6 Å². The molecule has 3 aromatic rings. The third-order valence-corrected chi connectivity index (χ3v) is 6.30. The fraction of sp³-hybridized carbons (Fsp3) is 0.294. The van der Waals surface area contributed by atoms with Crippen molar-refractivity contribution in [1.29, 1.82) is 5.26 Å². The van der Waals surface area contributed by atoms with Crippen LogP contribution in [0.4, 0.5) is 5.00 Å². The van der Waals surface area contributed by atoms with E-state index in [9.17, 15) is 10.1 Å². The van der Waals surface area contributed by atoms with Crippen molar-refractivity contribution in [1.82, 2.24) is 14.6 Å². The summed E-state index contributed by atoms with van der Waals surface area (Å²) in [6, 6.07) is 7.93. The average molecular weight is 369 g/mol. The van der Waals surface area contributed by atoms with E-state index in [4.69, 9.17) is 0 Å². The quantitative estimate of drug-likeness (QED) is 0.714. The van der Waals surface area contributed by atoms with Gasteiger partial charge < -0.3 is 5.32 Å². The molecule has 0 saturated heterocycles. The molecule has 8 heteroatoms. The number of nitrogens with one attached hydrogen (secondary N) is 1. The first kappa shape index (κ1) is 16.1. The topological polar surface area (TPSA) is 83.1 Å². The number of nitriles is 1. The standard InChI is InChI=1S/C17H15N5OS2/c18-9-12-11-5-1-2-6-13(11)25-16(12)19-15(23)10-24-17-21-20-14-7-3-4-8-22(14)17/h3-4,7-8H,1-2,5-6,10H2,(H,19,23). The van der Waals surface area contributed by atoms with Crippen molar-refractivity contribution < 1.29 is 4.79 Å². The molecule has 4 rings (SSSR count). The van der Waals surface area contributed by atoms with Gasteiger partial charge in [0, 0.05) is 11.1 Å². The Morgan fingerprint density at radius 2 is 2.24 bits per heavy atom. The smallest absolute Gasteiger partial charge is 0.235 e. The Morgan fingerprint density at radius 3 is 3.12 bits per heavy atom. The Labute approximate surface area is 152 Å². The van der Waals surface area contributed by atoms with Crippen LogP contribution in [0.2, 0.25) is 0 Å². The van der Waals surface area contributed by atoms with Crippen molar-refractivity contribution in [2.24, 2.45) is 0 Å². The number of nitrogens with zero attached hydrogens (tertiary/aromatic N) is 4. The summed E-state index contributed by atoms with van der Waals surface area (Å²) in [4.78, 5) is 13.6. The molecular formula is C17H15N5OS2. The van der Waals surface area contributed by atoms with Gasteiger partial charge in [-0.3, -0.25) is 9.20 Å². The number of thiophene rings is 1. The number of hydrogen-bond donors (Lipinski definition) is 1. The number of fused-ring (bicyclic) bond motifs is 2. The maximum absolute atomic E-state index is 12.3. The number of anilines is 1. The molecule has 1 N–H and O–H groups in total. The van der Waals surface area contributed by atoms with Crippen LogP contribution in [0.25, 0.3) is 5.65 Å². The highest BCUT2D eigenvalue weighted by molar-refractivity contribution is 7.99. The second-order valence-electron chi connectivity index (χ2n) is 5.78. The van der Waals surface area contributed by atoms with E-state index in [1.807, 2.05) is 28.8 Å². The van der Waals surface area contributed by atoms with Crippen molar-refractivity contribution in [3.05, 3.63) is 40.4 Å². The first-order chi connectivity index (χ1) is 12.3. The molecule has 0 aliphatic heterocycles. The summed E-state index contributed by atoms with van der Waals surface area (Å²) in [5, 5.41) is 21.9. The summed E-state index contributed by atoms with van der Waals surface area (Å²) >= 11 is 2.88. The van der Waals surface area contributed by atoms with Crippen molar-refractivity contribution in [3.8, 4) is 6.07 Å².